The van der Waals surface area contributed by atoms with E-state index in [0.29, 0.717) is 23.6 Å². The first-order valence-electron chi connectivity index (χ1n) is 7.19. The Kier molecular flexibility index (Phi) is 3.16. The van der Waals surface area contributed by atoms with Crippen molar-refractivity contribution in [2.75, 3.05) is 0 Å². The highest BCUT2D eigenvalue weighted by Gasteiger charge is 2.30. The number of aryl methyl sites for hydroxylation is 2. The van der Waals surface area contributed by atoms with E-state index in [9.17, 15) is 8.42 Å². The van der Waals surface area contributed by atoms with Gasteiger partial charge in [-0.25, -0.2) is 27.4 Å². The van der Waals surface area contributed by atoms with Crippen molar-refractivity contribution in [2.24, 2.45) is 0 Å². The molecule has 0 spiro atoms. The molecule has 1 aromatic carbocycles. The van der Waals surface area contributed by atoms with Crippen LogP contribution in [-0.2, 0) is 16.6 Å². The molecular weight excluding hydrogens is 320 g/mol. The minimum absolute atomic E-state index is 0.0459. The Balaban J connectivity index is 1.72. The number of aromatic nitrogens is 5. The van der Waals surface area contributed by atoms with Crippen LogP contribution in [0.3, 0.4) is 0 Å². The molecule has 9 nitrogen and oxygen atoms in total. The van der Waals surface area contributed by atoms with Gasteiger partial charge in [-0.1, -0.05) is 6.07 Å². The average molecular weight is 334 g/mol. The number of nitrogens with zero attached hydrogens (tertiary/aromatic N) is 5. The summed E-state index contributed by atoms with van der Waals surface area (Å²) in [5.41, 5.74) is 0.615. The highest BCUT2D eigenvalue weighted by molar-refractivity contribution is 7.89. The van der Waals surface area contributed by atoms with E-state index in [4.69, 9.17) is 0 Å². The zero-order valence-corrected chi connectivity index (χ0v) is 13.1. The van der Waals surface area contributed by atoms with Crippen LogP contribution in [0.15, 0.2) is 27.7 Å². The SMILES string of the molecule is Cc1nc2n(n1)CCC[C@@H]2NS(=O)(=O)c1cccc2nonc12. The number of benzene rings is 1. The highest BCUT2D eigenvalue weighted by atomic mass is 32.2. The number of rotatable bonds is 3. The van der Waals surface area contributed by atoms with Gasteiger partial charge in [-0.2, -0.15) is 5.10 Å². The molecule has 0 unspecified atom stereocenters. The topological polar surface area (TPSA) is 116 Å². The second-order valence-corrected chi connectivity index (χ2v) is 7.13. The number of hydrogen-bond acceptors (Lipinski definition) is 7. The number of nitrogens with one attached hydrogen (secondary N) is 1. The molecule has 0 amide bonds. The van der Waals surface area contributed by atoms with Crippen LogP contribution in [-0.4, -0.2) is 33.5 Å². The van der Waals surface area contributed by atoms with Gasteiger partial charge in [0.2, 0.25) is 10.0 Å². The van der Waals surface area contributed by atoms with Crippen LogP contribution in [0.25, 0.3) is 11.0 Å². The molecule has 1 aliphatic rings. The lowest BCUT2D eigenvalue weighted by Crippen LogP contribution is -2.33. The van der Waals surface area contributed by atoms with Gasteiger partial charge in [-0.15, -0.1) is 0 Å². The van der Waals surface area contributed by atoms with Gasteiger partial charge >= 0.3 is 0 Å². The molecule has 0 radical (unpaired) electrons. The molecular formula is C13H14N6O3S. The molecule has 23 heavy (non-hydrogen) atoms. The first-order valence-corrected chi connectivity index (χ1v) is 8.68. The van der Waals surface area contributed by atoms with Gasteiger partial charge in [0.05, 0.1) is 6.04 Å². The normalized spacial score (nSPS) is 18.2. The summed E-state index contributed by atoms with van der Waals surface area (Å²) in [6.07, 6.45) is 1.50. The van der Waals surface area contributed by atoms with Gasteiger partial charge in [0.1, 0.15) is 22.1 Å². The minimum atomic E-state index is -3.78. The average Bonchev–Trinajstić information content (AvgIpc) is 3.12. The second kappa shape index (κ2) is 5.10. The van der Waals surface area contributed by atoms with Crippen LogP contribution in [0.2, 0.25) is 0 Å². The molecule has 1 aliphatic heterocycles. The van der Waals surface area contributed by atoms with Gasteiger partial charge in [0.15, 0.2) is 5.52 Å². The Hall–Kier alpha value is -2.33. The maximum Gasteiger partial charge on any atom is 0.243 e. The van der Waals surface area contributed by atoms with Crippen LogP contribution < -0.4 is 4.72 Å². The third-order valence-electron chi connectivity index (χ3n) is 3.82. The van der Waals surface area contributed by atoms with E-state index in [1.54, 1.807) is 23.7 Å². The Morgan fingerprint density at radius 2 is 2.22 bits per heavy atom. The molecule has 3 aromatic rings. The molecule has 1 N–H and O–H groups in total. The zero-order valence-electron chi connectivity index (χ0n) is 12.3. The fraction of sp³-hybridized carbons (Fsp3) is 0.385. The predicted octanol–water partition coefficient (Wildman–Crippen LogP) is 0.936. The maximum absolute atomic E-state index is 12.8. The summed E-state index contributed by atoms with van der Waals surface area (Å²) in [5.74, 6) is 1.27. The summed E-state index contributed by atoms with van der Waals surface area (Å²) in [7, 11) is -3.78. The lowest BCUT2D eigenvalue weighted by molar-refractivity contribution is 0.315. The van der Waals surface area contributed by atoms with Crippen molar-refractivity contribution in [1.82, 2.24) is 29.8 Å². The van der Waals surface area contributed by atoms with Crippen LogP contribution in [0.5, 0.6) is 0 Å². The first-order chi connectivity index (χ1) is 11.0. The molecule has 120 valence electrons. The van der Waals surface area contributed by atoms with Gasteiger partial charge in [-0.05, 0) is 42.2 Å². The third-order valence-corrected chi connectivity index (χ3v) is 5.32. The van der Waals surface area contributed by atoms with Gasteiger partial charge in [-0.3, -0.25) is 0 Å². The molecule has 0 saturated carbocycles. The quantitative estimate of drug-likeness (QED) is 0.757. The van der Waals surface area contributed by atoms with Crippen LogP contribution in [0, 0.1) is 6.92 Å². The number of sulfonamides is 1. The van der Waals surface area contributed by atoms with Crippen LogP contribution >= 0.6 is 0 Å². The van der Waals surface area contributed by atoms with E-state index in [1.807, 2.05) is 0 Å². The monoisotopic (exact) mass is 334 g/mol. The van der Waals surface area contributed by atoms with Crippen molar-refractivity contribution in [3.8, 4) is 0 Å². The summed E-state index contributed by atoms with van der Waals surface area (Å²) in [4.78, 5) is 4.39. The van der Waals surface area contributed by atoms with Gasteiger partial charge < -0.3 is 0 Å². The maximum atomic E-state index is 12.8. The zero-order chi connectivity index (χ0) is 16.0. The van der Waals surface area contributed by atoms with Gasteiger partial charge in [0, 0.05) is 6.54 Å². The van der Waals surface area contributed by atoms with Crippen LogP contribution in [0.4, 0.5) is 0 Å². The molecule has 1 atom stereocenters. The van der Waals surface area contributed by atoms with E-state index in [1.165, 1.54) is 6.07 Å². The number of fused-ring (bicyclic) bond motifs is 2. The van der Waals surface area contributed by atoms with E-state index >= 15 is 0 Å². The van der Waals surface area contributed by atoms with E-state index < -0.39 is 16.1 Å². The van der Waals surface area contributed by atoms with Crippen LogP contribution in [0.1, 0.15) is 30.5 Å². The molecule has 3 heterocycles. The van der Waals surface area contributed by atoms with Crippen molar-refractivity contribution in [3.05, 3.63) is 29.8 Å². The Morgan fingerprint density at radius 3 is 3.09 bits per heavy atom. The van der Waals surface area contributed by atoms with Crippen molar-refractivity contribution in [3.63, 3.8) is 0 Å². The molecule has 0 fully saturated rings. The molecule has 2 aromatic heterocycles. The van der Waals surface area contributed by atoms with Crippen molar-refractivity contribution in [1.29, 1.82) is 0 Å². The molecule has 10 heteroatoms. The van der Waals surface area contributed by atoms with E-state index in [-0.39, 0.29) is 10.4 Å². The molecule has 0 bridgehead atoms. The minimum Gasteiger partial charge on any atom is -0.248 e. The lowest BCUT2D eigenvalue weighted by atomic mass is 10.1. The van der Waals surface area contributed by atoms with E-state index in [0.717, 1.165) is 13.0 Å². The Bertz CT molecular complexity index is 977. The molecule has 4 rings (SSSR count). The fourth-order valence-electron chi connectivity index (χ4n) is 2.83. The summed E-state index contributed by atoms with van der Waals surface area (Å²) >= 11 is 0. The summed E-state index contributed by atoms with van der Waals surface area (Å²) < 4.78 is 34.6. The summed E-state index contributed by atoms with van der Waals surface area (Å²) in [5, 5.41) is 11.6. The largest absolute Gasteiger partial charge is 0.248 e. The second-order valence-electron chi connectivity index (χ2n) is 5.44. The molecule has 0 saturated heterocycles. The molecule has 0 aliphatic carbocycles. The smallest absolute Gasteiger partial charge is 0.243 e. The fourth-order valence-corrected chi connectivity index (χ4v) is 4.21. The van der Waals surface area contributed by atoms with Crippen molar-refractivity contribution in [2.45, 2.75) is 37.2 Å². The highest BCUT2D eigenvalue weighted by Crippen LogP contribution is 2.27. The number of hydrogen-bond donors (Lipinski definition) is 1. The lowest BCUT2D eigenvalue weighted by Gasteiger charge is -2.22. The van der Waals surface area contributed by atoms with E-state index in [2.05, 4.69) is 29.7 Å². The predicted molar refractivity (Wildman–Crippen MR) is 78.9 cm³/mol. The standard InChI is InChI=1S/C13H14N6O3S/c1-8-14-13-10(5-3-7-19(13)15-8)18-23(20,21)11-6-2-4-9-12(11)17-22-16-9/h2,4,6,10,18H,3,5,7H2,1H3/t10-/m0/s1. The summed E-state index contributed by atoms with van der Waals surface area (Å²) in [6, 6.07) is 4.32. The Labute approximate surface area is 131 Å². The van der Waals surface area contributed by atoms with Crippen molar-refractivity contribution >= 4 is 21.1 Å². The van der Waals surface area contributed by atoms with Crippen molar-refractivity contribution < 1.29 is 13.0 Å². The summed E-state index contributed by atoms with van der Waals surface area (Å²) in [6.45, 7) is 2.54. The Morgan fingerprint density at radius 1 is 1.35 bits per heavy atom. The first kappa shape index (κ1) is 14.3. The van der Waals surface area contributed by atoms with Gasteiger partial charge in [0.25, 0.3) is 0 Å². The third kappa shape index (κ3) is 2.39.